The molecule has 1 unspecified atom stereocenters. The molecule has 0 saturated carbocycles. The number of ether oxygens (including phenoxy) is 2. The number of halogens is 1. The monoisotopic (exact) mass is 459 g/mol. The number of rotatable bonds is 6. The fourth-order valence-electron chi connectivity index (χ4n) is 4.17. The minimum absolute atomic E-state index is 0.0354. The van der Waals surface area contributed by atoms with Crippen molar-refractivity contribution in [2.45, 2.75) is 45.4 Å². The van der Waals surface area contributed by atoms with Crippen molar-refractivity contribution in [1.29, 1.82) is 0 Å². The fourth-order valence-corrected chi connectivity index (χ4v) is 4.38. The van der Waals surface area contributed by atoms with Gasteiger partial charge in [-0.25, -0.2) is 4.98 Å². The maximum absolute atomic E-state index is 11.3. The molecule has 2 fully saturated rings. The summed E-state index contributed by atoms with van der Waals surface area (Å²) in [4.78, 5) is 24.8. The second-order valence-electron chi connectivity index (χ2n) is 8.42. The molecule has 9 heteroatoms. The Kier molecular flexibility index (Phi) is 7.01. The molecule has 0 radical (unpaired) electrons. The molecule has 1 aromatic carbocycles. The first kappa shape index (κ1) is 22.6. The number of aromatic nitrogens is 2. The van der Waals surface area contributed by atoms with Crippen LogP contribution in [-0.4, -0.2) is 60.9 Å². The van der Waals surface area contributed by atoms with Crippen molar-refractivity contribution in [3.8, 4) is 5.75 Å². The average Bonchev–Trinajstić information content (AvgIpc) is 3.23. The highest BCUT2D eigenvalue weighted by atomic mass is 35.5. The van der Waals surface area contributed by atoms with Gasteiger partial charge in [0.1, 0.15) is 16.9 Å². The van der Waals surface area contributed by atoms with Crippen LogP contribution < -0.4 is 19.9 Å². The highest BCUT2D eigenvalue weighted by molar-refractivity contribution is 6.32. The predicted molar refractivity (Wildman–Crippen MR) is 125 cm³/mol. The van der Waals surface area contributed by atoms with Crippen LogP contribution in [-0.2, 0) is 9.53 Å². The third-order valence-corrected chi connectivity index (χ3v) is 6.15. The molecule has 4 rings (SSSR count). The summed E-state index contributed by atoms with van der Waals surface area (Å²) in [5.41, 5.74) is 1.04. The van der Waals surface area contributed by atoms with Gasteiger partial charge in [-0.2, -0.15) is 4.98 Å². The number of carbonyl (C=O) groups excluding carboxylic acids is 1. The van der Waals surface area contributed by atoms with Crippen LogP contribution in [0, 0.1) is 0 Å². The molecule has 0 spiro atoms. The molecule has 1 amide bonds. The Morgan fingerprint density at radius 3 is 2.81 bits per heavy atom. The van der Waals surface area contributed by atoms with Gasteiger partial charge in [0, 0.05) is 26.4 Å². The third-order valence-electron chi connectivity index (χ3n) is 5.88. The van der Waals surface area contributed by atoms with Gasteiger partial charge in [-0.05, 0) is 31.5 Å². The Hall–Kier alpha value is -2.58. The van der Waals surface area contributed by atoms with Gasteiger partial charge in [-0.3, -0.25) is 4.79 Å². The number of nitrogens with zero attached hydrogens (tertiary/aromatic N) is 4. The zero-order chi connectivity index (χ0) is 22.7. The smallest absolute Gasteiger partial charge is 0.227 e. The molecule has 2 aliphatic heterocycles. The number of nitrogens with one attached hydrogen (secondary N) is 1. The van der Waals surface area contributed by atoms with E-state index in [0.29, 0.717) is 30.7 Å². The fraction of sp³-hybridized carbons (Fsp3) is 0.522. The Balaban J connectivity index is 1.39. The van der Waals surface area contributed by atoms with E-state index in [1.807, 2.05) is 31.2 Å². The summed E-state index contributed by atoms with van der Waals surface area (Å²) in [6.45, 7) is 9.23. The van der Waals surface area contributed by atoms with E-state index >= 15 is 0 Å². The van der Waals surface area contributed by atoms with Crippen LogP contribution >= 0.6 is 11.6 Å². The van der Waals surface area contributed by atoms with E-state index in [9.17, 15) is 4.79 Å². The largest absolute Gasteiger partial charge is 0.489 e. The molecular formula is C23H30ClN5O3. The summed E-state index contributed by atoms with van der Waals surface area (Å²) in [6, 6.07) is 8.06. The van der Waals surface area contributed by atoms with E-state index in [0.717, 1.165) is 36.6 Å². The zero-order valence-corrected chi connectivity index (χ0v) is 19.5. The Labute approximate surface area is 193 Å². The number of hydrogen-bond donors (Lipinski definition) is 1. The second-order valence-corrected chi connectivity index (χ2v) is 8.83. The van der Waals surface area contributed by atoms with E-state index in [-0.39, 0.29) is 24.1 Å². The molecule has 32 heavy (non-hydrogen) atoms. The lowest BCUT2D eigenvalue weighted by atomic mass is 10.1. The van der Waals surface area contributed by atoms with Crippen molar-refractivity contribution < 1.29 is 14.3 Å². The Morgan fingerprint density at radius 2 is 2.09 bits per heavy atom. The van der Waals surface area contributed by atoms with Crippen molar-refractivity contribution >= 4 is 29.3 Å². The number of carbonyl (C=O) groups is 1. The highest BCUT2D eigenvalue weighted by Gasteiger charge is 2.28. The second kappa shape index (κ2) is 9.92. The maximum atomic E-state index is 11.3. The topological polar surface area (TPSA) is 79.8 Å². The molecule has 172 valence electrons. The average molecular weight is 460 g/mol. The van der Waals surface area contributed by atoms with Gasteiger partial charge in [0.25, 0.3) is 0 Å². The van der Waals surface area contributed by atoms with E-state index in [4.69, 9.17) is 26.1 Å². The van der Waals surface area contributed by atoms with Crippen LogP contribution in [0.4, 0.5) is 11.8 Å². The van der Waals surface area contributed by atoms with Gasteiger partial charge in [0.15, 0.2) is 5.82 Å². The number of amides is 1. The SMILES string of the molecule is CC(=O)N[C@@H](C)c1ccc(O[C@@H]2CCN(c3nc(N4CCOCC4C)ncc3Cl)C2)cc1. The summed E-state index contributed by atoms with van der Waals surface area (Å²) < 4.78 is 11.7. The van der Waals surface area contributed by atoms with Crippen LogP contribution in [0.15, 0.2) is 30.5 Å². The minimum Gasteiger partial charge on any atom is -0.489 e. The van der Waals surface area contributed by atoms with E-state index < -0.39 is 0 Å². The molecule has 3 heterocycles. The van der Waals surface area contributed by atoms with Gasteiger partial charge in [0.05, 0.1) is 38.0 Å². The van der Waals surface area contributed by atoms with Crippen molar-refractivity contribution in [3.63, 3.8) is 0 Å². The molecule has 0 aliphatic carbocycles. The first-order valence-electron chi connectivity index (χ1n) is 11.1. The predicted octanol–water partition coefficient (Wildman–Crippen LogP) is 3.21. The lowest BCUT2D eigenvalue weighted by Crippen LogP contribution is -2.44. The summed E-state index contributed by atoms with van der Waals surface area (Å²) in [6.07, 6.45) is 2.61. The zero-order valence-electron chi connectivity index (χ0n) is 18.8. The van der Waals surface area contributed by atoms with Gasteiger partial charge < -0.3 is 24.6 Å². The summed E-state index contributed by atoms with van der Waals surface area (Å²) in [5, 5.41) is 3.44. The standard InChI is InChI=1S/C23H30ClN5O3/c1-15-14-31-11-10-29(15)23-25-12-21(24)22(27-23)28-9-8-20(13-28)32-19-6-4-18(5-7-19)16(2)26-17(3)30/h4-7,12,15-16,20H,8-11,13-14H2,1-3H3,(H,26,30)/t15?,16-,20+/m0/s1. The molecule has 3 atom stereocenters. The highest BCUT2D eigenvalue weighted by Crippen LogP contribution is 2.30. The van der Waals surface area contributed by atoms with E-state index in [1.165, 1.54) is 6.92 Å². The number of benzene rings is 1. The third kappa shape index (κ3) is 5.24. The summed E-state index contributed by atoms with van der Waals surface area (Å²) in [7, 11) is 0. The molecule has 2 aromatic rings. The molecular weight excluding hydrogens is 430 g/mol. The first-order chi connectivity index (χ1) is 15.4. The molecule has 1 N–H and O–H groups in total. The number of morpholine rings is 1. The van der Waals surface area contributed by atoms with E-state index in [2.05, 4.69) is 27.0 Å². The number of hydrogen-bond acceptors (Lipinski definition) is 7. The Morgan fingerprint density at radius 1 is 1.31 bits per heavy atom. The van der Waals surface area contributed by atoms with Gasteiger partial charge in [0.2, 0.25) is 11.9 Å². The van der Waals surface area contributed by atoms with Crippen molar-refractivity contribution in [3.05, 3.63) is 41.0 Å². The molecule has 2 saturated heterocycles. The first-order valence-corrected chi connectivity index (χ1v) is 11.4. The van der Waals surface area contributed by atoms with Gasteiger partial charge in [-0.1, -0.05) is 23.7 Å². The minimum atomic E-state index is -0.0431. The van der Waals surface area contributed by atoms with Crippen molar-refractivity contribution in [2.75, 3.05) is 42.6 Å². The van der Waals surface area contributed by atoms with Crippen molar-refractivity contribution in [2.24, 2.45) is 0 Å². The van der Waals surface area contributed by atoms with Crippen LogP contribution in [0.25, 0.3) is 0 Å². The lowest BCUT2D eigenvalue weighted by Gasteiger charge is -2.33. The maximum Gasteiger partial charge on any atom is 0.227 e. The molecule has 1 aromatic heterocycles. The molecule has 0 bridgehead atoms. The summed E-state index contributed by atoms with van der Waals surface area (Å²) in [5.74, 6) is 2.21. The normalized spacial score (nSPS) is 22.0. The van der Waals surface area contributed by atoms with Crippen LogP contribution in [0.5, 0.6) is 5.75 Å². The lowest BCUT2D eigenvalue weighted by molar-refractivity contribution is -0.119. The summed E-state index contributed by atoms with van der Waals surface area (Å²) >= 11 is 6.46. The van der Waals surface area contributed by atoms with Crippen LogP contribution in [0.2, 0.25) is 5.02 Å². The molecule has 2 aliphatic rings. The van der Waals surface area contributed by atoms with Crippen LogP contribution in [0.1, 0.15) is 38.8 Å². The van der Waals surface area contributed by atoms with Crippen LogP contribution in [0.3, 0.4) is 0 Å². The van der Waals surface area contributed by atoms with Gasteiger partial charge >= 0.3 is 0 Å². The Bertz CT molecular complexity index is 942. The number of anilines is 2. The molecule has 8 nitrogen and oxygen atoms in total. The quantitative estimate of drug-likeness (QED) is 0.710. The van der Waals surface area contributed by atoms with Crippen molar-refractivity contribution in [1.82, 2.24) is 15.3 Å². The van der Waals surface area contributed by atoms with E-state index in [1.54, 1.807) is 6.20 Å². The van der Waals surface area contributed by atoms with Gasteiger partial charge in [-0.15, -0.1) is 0 Å².